The SMILES string of the molecule is C=C1C=CC(=O)N1CC1CCC(C(=O)CCCNC(=O)CCCc2ccc(-c3ccc4c(c3)C(CCCOCCOCCOCCOCCOCCOCCOCCOCCOCCOCCOCCOC)(CCCOCCOCCOCCOCCOCCOCCOCCOCCOCCOCCOCCOC)c3cc(C)ccc3-4)cc2)CC1. The molecule has 1 saturated carbocycles. The summed E-state index contributed by atoms with van der Waals surface area (Å²) in [5.41, 5.74) is 10.4. The molecule has 1 heterocycles. The maximum absolute atomic E-state index is 13.1. The quantitative estimate of drug-likeness (QED) is 0.0514. The number of ether oxygens (including phenoxy) is 24. The Morgan fingerprint density at radius 2 is 0.694 bits per heavy atom. The lowest BCUT2D eigenvalue weighted by Gasteiger charge is -2.33. The first kappa shape index (κ1) is 105. The number of nitrogens with one attached hydrogen (secondary N) is 1. The maximum Gasteiger partial charge on any atom is 0.251 e. The Labute approximate surface area is 721 Å². The van der Waals surface area contributed by atoms with Crippen LogP contribution in [0.2, 0.25) is 0 Å². The third kappa shape index (κ3) is 48.9. The Hall–Kier alpha value is -5.21. The summed E-state index contributed by atoms with van der Waals surface area (Å²) in [7, 11) is 3.29. The van der Waals surface area contributed by atoms with Gasteiger partial charge in [-0.15, -0.1) is 0 Å². The molecule has 29 heteroatoms. The van der Waals surface area contributed by atoms with Gasteiger partial charge < -0.3 is 124 Å². The van der Waals surface area contributed by atoms with E-state index in [0.29, 0.717) is 342 Å². The second kappa shape index (κ2) is 71.9. The van der Waals surface area contributed by atoms with Gasteiger partial charge in [-0.05, 0) is 135 Å². The van der Waals surface area contributed by atoms with Gasteiger partial charge in [-0.25, -0.2) is 0 Å². The molecule has 3 aromatic rings. The fourth-order valence-electron chi connectivity index (χ4n) is 14.0. The second-order valence-corrected chi connectivity index (χ2v) is 29.5. The highest BCUT2D eigenvalue weighted by Crippen LogP contribution is 2.55. The number of allylic oxidation sites excluding steroid dienone is 1. The van der Waals surface area contributed by atoms with E-state index >= 15 is 0 Å². The predicted octanol–water partition coefficient (Wildman–Crippen LogP) is 9.65. The van der Waals surface area contributed by atoms with Gasteiger partial charge in [-0.1, -0.05) is 66.7 Å². The van der Waals surface area contributed by atoms with Crippen molar-refractivity contribution in [3.8, 4) is 22.3 Å². The van der Waals surface area contributed by atoms with Crippen LogP contribution < -0.4 is 5.32 Å². The van der Waals surface area contributed by atoms with Gasteiger partial charge in [0.25, 0.3) is 5.91 Å². The van der Waals surface area contributed by atoms with Crippen LogP contribution in [-0.2, 0) is 140 Å². The number of benzene rings is 3. The smallest absolute Gasteiger partial charge is 0.251 e. The number of ketones is 1. The highest BCUT2D eigenvalue weighted by Gasteiger charge is 2.43. The standard InChI is InChI=1S/C92H148N2O27/c1-78-12-23-85-86-24-22-84(82-18-14-80(15-19-82)9-5-11-90(96)93-28-6-10-89(95)83-20-16-81(17-21-83)77-94-79(2)13-25-91(94)97)76-88(86)92(87(85)75-78,26-7-29-100-35-37-104-43-45-108-51-53-112-59-61-116-67-69-120-73-71-118-65-63-114-57-55-110-49-47-106-41-39-102-33-31-98-3)27-8-30-101-36-38-105-44-46-109-52-54-113-60-62-117-68-70-121-74-72-119-66-64-115-58-56-111-50-48-107-42-40-103-34-32-99-4/h12-15,18-19,22-25,75-76,81,83H,2,5-11,16-17,20-21,26-74,77H2,1,3-4H3,(H,93,96). The molecular formula is C92H148N2O27. The van der Waals surface area contributed by atoms with Gasteiger partial charge in [0, 0.05) is 76.5 Å². The van der Waals surface area contributed by atoms with Crippen LogP contribution in [-0.4, -0.2) is 354 Å². The number of carbonyl (C=O) groups is 3. The van der Waals surface area contributed by atoms with Crippen molar-refractivity contribution in [1.29, 1.82) is 0 Å². The van der Waals surface area contributed by atoms with Crippen molar-refractivity contribution in [3.05, 3.63) is 107 Å². The third-order valence-corrected chi connectivity index (χ3v) is 20.5. The largest absolute Gasteiger partial charge is 0.382 e. The lowest BCUT2D eigenvalue weighted by Crippen LogP contribution is -2.33. The van der Waals surface area contributed by atoms with Crippen LogP contribution in [0.1, 0.15) is 99.3 Å². The van der Waals surface area contributed by atoms with E-state index in [-0.39, 0.29) is 28.9 Å². The van der Waals surface area contributed by atoms with Gasteiger partial charge in [-0.2, -0.15) is 0 Å². The van der Waals surface area contributed by atoms with E-state index in [9.17, 15) is 14.4 Å². The molecule has 121 heavy (non-hydrogen) atoms. The monoisotopic (exact) mass is 1710 g/mol. The minimum absolute atomic E-state index is 0.00443. The van der Waals surface area contributed by atoms with E-state index in [1.54, 1.807) is 31.3 Å². The molecule has 1 aliphatic heterocycles. The summed E-state index contributed by atoms with van der Waals surface area (Å²) in [5.74, 6) is 0.740. The molecule has 2 aliphatic carbocycles. The van der Waals surface area contributed by atoms with E-state index in [2.05, 4.69) is 79.5 Å². The summed E-state index contributed by atoms with van der Waals surface area (Å²) in [6, 6.07) is 22.6. The van der Waals surface area contributed by atoms with Crippen molar-refractivity contribution in [2.75, 3.05) is 331 Å². The highest BCUT2D eigenvalue weighted by atomic mass is 16.6. The Kier molecular flexibility index (Phi) is 62.1. The van der Waals surface area contributed by atoms with Crippen LogP contribution in [0, 0.1) is 18.8 Å². The summed E-state index contributed by atoms with van der Waals surface area (Å²) in [6.45, 7) is 30.2. The van der Waals surface area contributed by atoms with Crippen LogP contribution in [0.15, 0.2) is 85.1 Å². The molecule has 0 radical (unpaired) electrons. The van der Waals surface area contributed by atoms with Gasteiger partial charge in [0.2, 0.25) is 5.91 Å². The molecular weight excluding hydrogens is 1560 g/mol. The lowest BCUT2D eigenvalue weighted by atomic mass is 9.71. The van der Waals surface area contributed by atoms with Gasteiger partial charge in [0.1, 0.15) is 5.78 Å². The zero-order valence-corrected chi connectivity index (χ0v) is 73.4. The zero-order valence-electron chi connectivity index (χ0n) is 73.4. The number of nitrogens with zero attached hydrogens (tertiary/aromatic N) is 1. The number of amides is 2. The summed E-state index contributed by atoms with van der Waals surface area (Å²) in [6.07, 6.45) is 13.4. The third-order valence-electron chi connectivity index (χ3n) is 20.5. The number of aryl methyl sites for hydroxylation is 2. The number of methoxy groups -OCH3 is 2. The van der Waals surface area contributed by atoms with Crippen LogP contribution in [0.4, 0.5) is 0 Å². The van der Waals surface area contributed by atoms with Crippen molar-refractivity contribution >= 4 is 17.6 Å². The number of carbonyl (C=O) groups excluding carboxylic acids is 3. The van der Waals surface area contributed by atoms with Crippen molar-refractivity contribution in [2.24, 2.45) is 11.8 Å². The topological polar surface area (TPSA) is 288 Å². The highest BCUT2D eigenvalue weighted by molar-refractivity contribution is 5.93. The Morgan fingerprint density at radius 3 is 1.03 bits per heavy atom. The number of hydrogen-bond acceptors (Lipinski definition) is 27. The van der Waals surface area contributed by atoms with Gasteiger partial charge in [0.15, 0.2) is 0 Å². The van der Waals surface area contributed by atoms with E-state index in [0.717, 1.165) is 81.0 Å². The Bertz CT molecular complexity index is 2990. The molecule has 6 rings (SSSR count). The van der Waals surface area contributed by atoms with Crippen LogP contribution in [0.5, 0.6) is 0 Å². The molecule has 0 atom stereocenters. The van der Waals surface area contributed by atoms with Gasteiger partial charge >= 0.3 is 0 Å². The molecule has 0 aromatic heterocycles. The normalized spacial score (nSPS) is 14.9. The number of hydrogen-bond donors (Lipinski definition) is 1. The van der Waals surface area contributed by atoms with Crippen molar-refractivity contribution < 1.29 is 128 Å². The van der Waals surface area contributed by atoms with E-state index in [4.69, 9.17) is 114 Å². The molecule has 0 saturated heterocycles. The minimum atomic E-state index is -0.283. The Morgan fingerprint density at radius 1 is 0.372 bits per heavy atom. The average molecular weight is 1710 g/mol. The summed E-state index contributed by atoms with van der Waals surface area (Å²) in [5, 5.41) is 3.05. The molecule has 2 amide bonds. The first-order chi connectivity index (χ1) is 59.7. The van der Waals surface area contributed by atoms with Crippen LogP contribution in [0.25, 0.3) is 22.3 Å². The molecule has 688 valence electrons. The minimum Gasteiger partial charge on any atom is -0.382 e. The number of Topliss-reactive ketones (excluding diaryl/α,β-unsaturated/α-hetero) is 1. The maximum atomic E-state index is 13.1. The lowest BCUT2D eigenvalue weighted by molar-refractivity contribution is -0.126. The predicted molar refractivity (Wildman–Crippen MR) is 459 cm³/mol. The Balaban J connectivity index is 0.815. The molecule has 0 bridgehead atoms. The van der Waals surface area contributed by atoms with Crippen LogP contribution in [0.3, 0.4) is 0 Å². The molecule has 3 aliphatic rings. The fourth-order valence-corrected chi connectivity index (χ4v) is 14.0. The first-order valence-corrected chi connectivity index (χ1v) is 44.2. The van der Waals surface area contributed by atoms with E-state index in [1.807, 2.05) is 0 Å². The summed E-state index contributed by atoms with van der Waals surface area (Å²) in [4.78, 5) is 40.0. The second-order valence-electron chi connectivity index (χ2n) is 29.5. The summed E-state index contributed by atoms with van der Waals surface area (Å²) < 4.78 is 134. The van der Waals surface area contributed by atoms with Crippen LogP contribution >= 0.6 is 0 Å². The molecule has 1 fully saturated rings. The molecule has 1 N–H and O–H groups in total. The van der Waals surface area contributed by atoms with Crippen molar-refractivity contribution in [1.82, 2.24) is 10.2 Å². The van der Waals surface area contributed by atoms with Crippen molar-refractivity contribution in [3.63, 3.8) is 0 Å². The van der Waals surface area contributed by atoms with E-state index < -0.39 is 0 Å². The van der Waals surface area contributed by atoms with Gasteiger partial charge in [-0.3, -0.25) is 14.4 Å². The molecule has 0 unspecified atom stereocenters. The summed E-state index contributed by atoms with van der Waals surface area (Å²) >= 11 is 0. The average Bonchev–Trinajstić information content (AvgIpc) is 1.56. The molecule has 3 aromatic carbocycles. The molecule has 0 spiro atoms. The first-order valence-electron chi connectivity index (χ1n) is 44.2. The van der Waals surface area contributed by atoms with Crippen molar-refractivity contribution in [2.45, 2.75) is 95.8 Å². The fraction of sp³-hybridized carbons (Fsp3) is 0.728. The van der Waals surface area contributed by atoms with Gasteiger partial charge in [0.05, 0.1) is 291 Å². The zero-order chi connectivity index (χ0) is 85.5. The number of fused-ring (bicyclic) bond motifs is 3. The number of rotatable bonds is 86. The molecule has 29 nitrogen and oxygen atoms in total. The van der Waals surface area contributed by atoms with E-state index in [1.165, 1.54) is 33.4 Å².